The van der Waals surface area contributed by atoms with E-state index in [0.717, 1.165) is 17.8 Å². The molecule has 0 radical (unpaired) electrons. The molecule has 4 aliphatic carbocycles. The minimum absolute atomic E-state index is 0.714. The standard InChI is InChI=1S/C17H32N2/c1-2-4-18-5-3-6-19-13-17-10-14-7-15(11-17)9-16(8-14)12-17/h14-16,18-19H,2-13H2,1H3. The Morgan fingerprint density at radius 3 is 2.00 bits per heavy atom. The second-order valence-electron chi connectivity index (χ2n) is 7.70. The maximum Gasteiger partial charge on any atom is 0.000812 e. The minimum atomic E-state index is 0.714. The summed E-state index contributed by atoms with van der Waals surface area (Å²) in [6, 6.07) is 0. The van der Waals surface area contributed by atoms with Gasteiger partial charge in [-0.25, -0.2) is 0 Å². The molecule has 0 saturated heterocycles. The molecule has 0 heterocycles. The molecule has 4 rings (SSSR count). The quantitative estimate of drug-likeness (QED) is 0.658. The van der Waals surface area contributed by atoms with Crippen LogP contribution in [-0.2, 0) is 0 Å². The average molecular weight is 264 g/mol. The van der Waals surface area contributed by atoms with Gasteiger partial charge in [0, 0.05) is 6.54 Å². The molecule has 0 aromatic heterocycles. The van der Waals surface area contributed by atoms with Crippen LogP contribution in [0.3, 0.4) is 0 Å². The molecular weight excluding hydrogens is 232 g/mol. The van der Waals surface area contributed by atoms with E-state index in [-0.39, 0.29) is 0 Å². The zero-order chi connectivity index (χ0) is 13.1. The van der Waals surface area contributed by atoms with Crippen molar-refractivity contribution >= 4 is 0 Å². The van der Waals surface area contributed by atoms with Gasteiger partial charge in [0.1, 0.15) is 0 Å². The molecule has 2 nitrogen and oxygen atoms in total. The summed E-state index contributed by atoms with van der Waals surface area (Å²) in [5.41, 5.74) is 0.714. The van der Waals surface area contributed by atoms with Crippen LogP contribution in [0.4, 0.5) is 0 Å². The van der Waals surface area contributed by atoms with Crippen LogP contribution in [0.15, 0.2) is 0 Å². The van der Waals surface area contributed by atoms with Crippen molar-refractivity contribution in [2.24, 2.45) is 23.2 Å². The van der Waals surface area contributed by atoms with Crippen LogP contribution >= 0.6 is 0 Å². The monoisotopic (exact) mass is 264 g/mol. The Kier molecular flexibility index (Phi) is 4.48. The highest BCUT2D eigenvalue weighted by Gasteiger charge is 2.50. The Labute approximate surface area is 119 Å². The fourth-order valence-electron chi connectivity index (χ4n) is 5.50. The Morgan fingerprint density at radius 2 is 1.42 bits per heavy atom. The lowest BCUT2D eigenvalue weighted by atomic mass is 9.49. The number of hydrogen-bond donors (Lipinski definition) is 2. The highest BCUT2D eigenvalue weighted by Crippen LogP contribution is 2.59. The summed E-state index contributed by atoms with van der Waals surface area (Å²) in [6.45, 7) is 7.11. The molecule has 4 bridgehead atoms. The first-order chi connectivity index (χ1) is 9.30. The largest absolute Gasteiger partial charge is 0.317 e. The van der Waals surface area contributed by atoms with Crippen LogP contribution in [0.2, 0.25) is 0 Å². The molecule has 2 heteroatoms. The minimum Gasteiger partial charge on any atom is -0.317 e. The van der Waals surface area contributed by atoms with E-state index < -0.39 is 0 Å². The molecule has 0 amide bonds. The molecule has 0 unspecified atom stereocenters. The van der Waals surface area contributed by atoms with Gasteiger partial charge in [0.25, 0.3) is 0 Å². The van der Waals surface area contributed by atoms with Crippen molar-refractivity contribution in [2.45, 2.75) is 58.3 Å². The summed E-state index contributed by atoms with van der Waals surface area (Å²) in [4.78, 5) is 0. The van der Waals surface area contributed by atoms with Crippen molar-refractivity contribution < 1.29 is 0 Å². The van der Waals surface area contributed by atoms with E-state index in [0.29, 0.717) is 5.41 Å². The first-order valence-corrected chi connectivity index (χ1v) is 8.71. The predicted molar refractivity (Wildman–Crippen MR) is 81.3 cm³/mol. The summed E-state index contributed by atoms with van der Waals surface area (Å²) in [6.07, 6.45) is 11.9. The van der Waals surface area contributed by atoms with E-state index in [2.05, 4.69) is 17.6 Å². The third-order valence-corrected chi connectivity index (χ3v) is 5.80. The van der Waals surface area contributed by atoms with Gasteiger partial charge >= 0.3 is 0 Å². The van der Waals surface area contributed by atoms with Crippen LogP contribution in [0, 0.1) is 23.2 Å². The smallest absolute Gasteiger partial charge is 0.000812 e. The van der Waals surface area contributed by atoms with Crippen molar-refractivity contribution in [3.8, 4) is 0 Å². The molecule has 4 fully saturated rings. The highest BCUT2D eigenvalue weighted by molar-refractivity contribution is 5.02. The van der Waals surface area contributed by atoms with E-state index in [1.807, 2.05) is 0 Å². The predicted octanol–water partition coefficient (Wildman–Crippen LogP) is 3.18. The zero-order valence-electron chi connectivity index (χ0n) is 12.7. The number of rotatable bonds is 8. The topological polar surface area (TPSA) is 24.1 Å². The molecule has 19 heavy (non-hydrogen) atoms. The normalized spacial score (nSPS) is 39.9. The van der Waals surface area contributed by atoms with Crippen LogP contribution in [0.1, 0.15) is 58.3 Å². The van der Waals surface area contributed by atoms with Crippen LogP contribution in [-0.4, -0.2) is 26.2 Å². The average Bonchev–Trinajstić information content (AvgIpc) is 2.36. The summed E-state index contributed by atoms with van der Waals surface area (Å²) >= 11 is 0. The molecule has 2 N–H and O–H groups in total. The van der Waals surface area contributed by atoms with Gasteiger partial charge in [0.15, 0.2) is 0 Å². The van der Waals surface area contributed by atoms with Crippen molar-refractivity contribution in [2.75, 3.05) is 26.2 Å². The SMILES string of the molecule is CCCNCCCNCC12CC3CC(CC(C3)C1)C2. The first kappa shape index (κ1) is 13.9. The van der Waals surface area contributed by atoms with Crippen LogP contribution < -0.4 is 10.6 Å². The molecule has 0 atom stereocenters. The molecule has 110 valence electrons. The lowest BCUT2D eigenvalue weighted by Crippen LogP contribution is -2.50. The molecule has 0 aromatic rings. The van der Waals surface area contributed by atoms with Crippen LogP contribution in [0.25, 0.3) is 0 Å². The Morgan fingerprint density at radius 1 is 0.842 bits per heavy atom. The number of hydrogen-bond acceptors (Lipinski definition) is 2. The van der Waals surface area contributed by atoms with Gasteiger partial charge in [0.2, 0.25) is 0 Å². The van der Waals surface area contributed by atoms with Crippen molar-refractivity contribution in [1.29, 1.82) is 0 Å². The Bertz CT molecular complexity index is 252. The van der Waals surface area contributed by atoms with Crippen LogP contribution in [0.5, 0.6) is 0 Å². The third-order valence-electron chi connectivity index (χ3n) is 5.80. The Balaban J connectivity index is 1.36. The second kappa shape index (κ2) is 6.13. The molecule has 4 aliphatic rings. The van der Waals surface area contributed by atoms with Crippen molar-refractivity contribution in [3.05, 3.63) is 0 Å². The molecular formula is C17H32N2. The lowest BCUT2D eigenvalue weighted by Gasteiger charge is -2.57. The van der Waals surface area contributed by atoms with Gasteiger partial charge in [-0.3, -0.25) is 0 Å². The summed E-state index contributed by atoms with van der Waals surface area (Å²) in [5, 5.41) is 7.27. The Hall–Kier alpha value is -0.0800. The first-order valence-electron chi connectivity index (χ1n) is 8.71. The number of nitrogens with one attached hydrogen (secondary N) is 2. The van der Waals surface area contributed by atoms with Gasteiger partial charge in [0.05, 0.1) is 0 Å². The fourth-order valence-corrected chi connectivity index (χ4v) is 5.50. The summed E-state index contributed by atoms with van der Waals surface area (Å²) in [5.74, 6) is 3.29. The maximum atomic E-state index is 3.78. The van der Waals surface area contributed by atoms with E-state index in [9.17, 15) is 0 Å². The zero-order valence-corrected chi connectivity index (χ0v) is 12.7. The van der Waals surface area contributed by atoms with Crippen molar-refractivity contribution in [1.82, 2.24) is 10.6 Å². The lowest BCUT2D eigenvalue weighted by molar-refractivity contribution is -0.0511. The van der Waals surface area contributed by atoms with Gasteiger partial charge < -0.3 is 10.6 Å². The maximum absolute atomic E-state index is 3.78. The third kappa shape index (κ3) is 3.33. The van der Waals surface area contributed by atoms with Gasteiger partial charge in [-0.15, -0.1) is 0 Å². The molecule has 4 saturated carbocycles. The molecule has 0 spiro atoms. The van der Waals surface area contributed by atoms with Crippen molar-refractivity contribution in [3.63, 3.8) is 0 Å². The van der Waals surface area contributed by atoms with E-state index in [1.165, 1.54) is 39.0 Å². The van der Waals surface area contributed by atoms with Gasteiger partial charge in [-0.05, 0) is 94.2 Å². The van der Waals surface area contributed by atoms with Gasteiger partial charge in [-0.1, -0.05) is 6.92 Å². The molecule has 0 aromatic carbocycles. The summed E-state index contributed by atoms with van der Waals surface area (Å²) < 4.78 is 0. The summed E-state index contributed by atoms with van der Waals surface area (Å²) in [7, 11) is 0. The van der Waals surface area contributed by atoms with E-state index in [1.54, 1.807) is 38.5 Å². The van der Waals surface area contributed by atoms with Gasteiger partial charge in [-0.2, -0.15) is 0 Å². The second-order valence-corrected chi connectivity index (χ2v) is 7.70. The molecule has 0 aliphatic heterocycles. The van der Waals surface area contributed by atoms with E-state index in [4.69, 9.17) is 0 Å². The fraction of sp³-hybridized carbons (Fsp3) is 1.00. The van der Waals surface area contributed by atoms with E-state index >= 15 is 0 Å². The highest BCUT2D eigenvalue weighted by atomic mass is 14.9.